The minimum Gasteiger partial charge on any atom is -0.356 e. The van der Waals surface area contributed by atoms with Gasteiger partial charge < -0.3 is 20.4 Å². The van der Waals surface area contributed by atoms with Crippen LogP contribution in [0.5, 0.6) is 0 Å². The van der Waals surface area contributed by atoms with Gasteiger partial charge in [0.1, 0.15) is 22.8 Å². The number of aliphatic hydroxyl groups is 4. The van der Waals surface area contributed by atoms with Gasteiger partial charge in [-0.05, 0) is 36.4 Å². The maximum absolute atomic E-state index is 10.4. The second-order valence-electron chi connectivity index (χ2n) is 5.18. The summed E-state index contributed by atoms with van der Waals surface area (Å²) < 4.78 is 0. The van der Waals surface area contributed by atoms with E-state index in [0.717, 1.165) is 0 Å². The molecule has 7 heteroatoms. The van der Waals surface area contributed by atoms with Crippen LogP contribution in [0.2, 0.25) is 0 Å². The van der Waals surface area contributed by atoms with Gasteiger partial charge in [0.15, 0.2) is 0 Å². The van der Waals surface area contributed by atoms with Crippen LogP contribution in [0.15, 0.2) is 67.0 Å². The van der Waals surface area contributed by atoms with E-state index in [1.807, 2.05) is 0 Å². The molecule has 3 heterocycles. The zero-order valence-electron chi connectivity index (χ0n) is 12.5. The van der Waals surface area contributed by atoms with Crippen molar-refractivity contribution in [3.63, 3.8) is 0 Å². The molecule has 0 aliphatic carbocycles. The first-order valence-corrected chi connectivity index (χ1v) is 7.13. The SMILES string of the molecule is OC(O)(c1ccccn1)c1cccc(C(O)(O)c2ccccn2)n1. The third-order valence-corrected chi connectivity index (χ3v) is 3.51. The molecule has 0 fully saturated rings. The number of aromatic nitrogens is 3. The number of nitrogens with zero attached hydrogens (tertiary/aromatic N) is 3. The van der Waals surface area contributed by atoms with Gasteiger partial charge in [0.25, 0.3) is 11.6 Å². The van der Waals surface area contributed by atoms with Crippen LogP contribution < -0.4 is 0 Å². The van der Waals surface area contributed by atoms with Crippen molar-refractivity contribution in [2.45, 2.75) is 11.6 Å². The summed E-state index contributed by atoms with van der Waals surface area (Å²) in [5.41, 5.74) is -0.452. The van der Waals surface area contributed by atoms with E-state index in [2.05, 4.69) is 15.0 Å². The largest absolute Gasteiger partial charge is 0.356 e. The maximum Gasteiger partial charge on any atom is 0.252 e. The Hall–Kier alpha value is -2.71. The third kappa shape index (κ3) is 2.89. The van der Waals surface area contributed by atoms with Gasteiger partial charge in [0, 0.05) is 12.4 Å². The van der Waals surface area contributed by atoms with E-state index < -0.39 is 11.6 Å². The fraction of sp³-hybridized carbons (Fsp3) is 0.118. The van der Waals surface area contributed by atoms with Crippen LogP contribution in [0, 0.1) is 0 Å². The molecule has 122 valence electrons. The van der Waals surface area contributed by atoms with E-state index in [9.17, 15) is 20.4 Å². The molecular weight excluding hydrogens is 310 g/mol. The third-order valence-electron chi connectivity index (χ3n) is 3.51. The van der Waals surface area contributed by atoms with Gasteiger partial charge in [0.2, 0.25) is 0 Å². The van der Waals surface area contributed by atoms with Crippen molar-refractivity contribution in [3.8, 4) is 0 Å². The zero-order valence-corrected chi connectivity index (χ0v) is 12.5. The number of pyridine rings is 3. The number of hydrogen-bond donors (Lipinski definition) is 4. The summed E-state index contributed by atoms with van der Waals surface area (Å²) in [6.45, 7) is 0. The van der Waals surface area contributed by atoms with E-state index in [0.29, 0.717) is 0 Å². The highest BCUT2D eigenvalue weighted by Crippen LogP contribution is 2.28. The molecule has 0 saturated carbocycles. The summed E-state index contributed by atoms with van der Waals surface area (Å²) in [4.78, 5) is 11.8. The lowest BCUT2D eigenvalue weighted by molar-refractivity contribution is -0.146. The second kappa shape index (κ2) is 6.06. The Balaban J connectivity index is 2.04. The molecule has 0 amide bonds. The van der Waals surface area contributed by atoms with Crippen LogP contribution in [-0.2, 0) is 11.6 Å². The van der Waals surface area contributed by atoms with Crippen LogP contribution in [0.25, 0.3) is 0 Å². The Morgan fingerprint density at radius 1 is 0.542 bits per heavy atom. The van der Waals surface area contributed by atoms with Crippen molar-refractivity contribution < 1.29 is 20.4 Å². The molecule has 0 unspecified atom stereocenters. The molecule has 0 aliphatic rings. The van der Waals surface area contributed by atoms with Crippen molar-refractivity contribution in [2.24, 2.45) is 0 Å². The van der Waals surface area contributed by atoms with Crippen LogP contribution in [0.1, 0.15) is 22.8 Å². The first-order chi connectivity index (χ1) is 11.4. The van der Waals surface area contributed by atoms with Crippen molar-refractivity contribution in [1.82, 2.24) is 15.0 Å². The first kappa shape index (κ1) is 16.2. The Kier molecular flexibility index (Phi) is 4.08. The van der Waals surface area contributed by atoms with E-state index in [1.165, 1.54) is 42.7 Å². The van der Waals surface area contributed by atoms with Gasteiger partial charge in [-0.25, -0.2) is 4.98 Å². The summed E-state index contributed by atoms with van der Waals surface area (Å²) in [5, 5.41) is 41.5. The lowest BCUT2D eigenvalue weighted by Gasteiger charge is -2.24. The molecule has 0 radical (unpaired) electrons. The Bertz CT molecular complexity index is 757. The van der Waals surface area contributed by atoms with Crippen LogP contribution >= 0.6 is 0 Å². The van der Waals surface area contributed by atoms with Gasteiger partial charge in [-0.3, -0.25) is 9.97 Å². The summed E-state index contributed by atoms with van der Waals surface area (Å²) in [6, 6.07) is 13.5. The van der Waals surface area contributed by atoms with E-state index in [4.69, 9.17) is 0 Å². The van der Waals surface area contributed by atoms with Crippen LogP contribution in [0.3, 0.4) is 0 Å². The van der Waals surface area contributed by atoms with Crippen LogP contribution in [-0.4, -0.2) is 35.4 Å². The summed E-state index contributed by atoms with van der Waals surface area (Å²) in [5.74, 6) is -4.95. The van der Waals surface area contributed by atoms with Crippen molar-refractivity contribution >= 4 is 0 Å². The molecule has 4 N–H and O–H groups in total. The Morgan fingerprint density at radius 2 is 0.958 bits per heavy atom. The molecule has 0 aliphatic heterocycles. The smallest absolute Gasteiger partial charge is 0.252 e. The van der Waals surface area contributed by atoms with E-state index in [1.54, 1.807) is 24.3 Å². The molecular formula is C17H15N3O4. The zero-order chi connectivity index (χ0) is 17.2. The first-order valence-electron chi connectivity index (χ1n) is 7.13. The van der Waals surface area contributed by atoms with Gasteiger partial charge in [-0.2, -0.15) is 0 Å². The van der Waals surface area contributed by atoms with Crippen molar-refractivity contribution in [3.05, 3.63) is 89.8 Å². The van der Waals surface area contributed by atoms with E-state index in [-0.39, 0.29) is 22.8 Å². The van der Waals surface area contributed by atoms with Crippen LogP contribution in [0.4, 0.5) is 0 Å². The fourth-order valence-electron chi connectivity index (χ4n) is 2.22. The Labute approximate surface area is 137 Å². The molecule has 3 aromatic rings. The minimum atomic E-state index is -2.47. The normalized spacial score (nSPS) is 12.2. The highest BCUT2D eigenvalue weighted by molar-refractivity contribution is 5.29. The highest BCUT2D eigenvalue weighted by Gasteiger charge is 2.36. The molecule has 0 bridgehead atoms. The summed E-state index contributed by atoms with van der Waals surface area (Å²) >= 11 is 0. The minimum absolute atomic E-state index is 0.0334. The summed E-state index contributed by atoms with van der Waals surface area (Å²) in [7, 11) is 0. The predicted molar refractivity (Wildman–Crippen MR) is 83.1 cm³/mol. The van der Waals surface area contributed by atoms with Crippen molar-refractivity contribution in [2.75, 3.05) is 0 Å². The van der Waals surface area contributed by atoms with Gasteiger partial charge in [-0.15, -0.1) is 0 Å². The molecule has 0 aromatic carbocycles. The average Bonchev–Trinajstić information content (AvgIpc) is 2.63. The standard InChI is InChI=1S/C17H15N3O4/c21-16(22,12-6-1-3-10-18-12)14-8-5-9-15(20-14)17(23,24)13-7-2-4-11-19-13/h1-11,21-24H. The molecule has 0 atom stereocenters. The van der Waals surface area contributed by atoms with Crippen molar-refractivity contribution in [1.29, 1.82) is 0 Å². The van der Waals surface area contributed by atoms with E-state index >= 15 is 0 Å². The number of rotatable bonds is 4. The lowest BCUT2D eigenvalue weighted by Crippen LogP contribution is -2.33. The maximum atomic E-state index is 10.4. The van der Waals surface area contributed by atoms with Gasteiger partial charge in [0.05, 0.1) is 0 Å². The Morgan fingerprint density at radius 3 is 1.33 bits per heavy atom. The second-order valence-corrected chi connectivity index (χ2v) is 5.18. The topological polar surface area (TPSA) is 120 Å². The lowest BCUT2D eigenvalue weighted by atomic mass is 10.0. The molecule has 0 spiro atoms. The molecule has 3 rings (SSSR count). The van der Waals surface area contributed by atoms with Gasteiger partial charge >= 0.3 is 0 Å². The molecule has 7 nitrogen and oxygen atoms in total. The average molecular weight is 325 g/mol. The molecule has 24 heavy (non-hydrogen) atoms. The highest BCUT2D eigenvalue weighted by atomic mass is 16.5. The molecule has 3 aromatic heterocycles. The molecule has 0 saturated heterocycles. The predicted octanol–water partition coefficient (Wildman–Crippen LogP) is 0.243. The monoisotopic (exact) mass is 325 g/mol. The van der Waals surface area contributed by atoms with Gasteiger partial charge in [-0.1, -0.05) is 18.2 Å². The fourth-order valence-corrected chi connectivity index (χ4v) is 2.22. The quantitative estimate of drug-likeness (QED) is 0.507. The summed E-state index contributed by atoms with van der Waals surface area (Å²) in [6.07, 6.45) is 2.83. The number of hydrogen-bond acceptors (Lipinski definition) is 7.